The molecule has 1 unspecified atom stereocenters. The minimum Gasteiger partial charge on any atom is -0.399 e. The van der Waals surface area contributed by atoms with Gasteiger partial charge in [-0.25, -0.2) is 0 Å². The highest BCUT2D eigenvalue weighted by Gasteiger charge is 2.19. The molecule has 0 aromatic heterocycles. The molecule has 0 heterocycles. The predicted molar refractivity (Wildman–Crippen MR) is 85.2 cm³/mol. The van der Waals surface area contributed by atoms with Gasteiger partial charge >= 0.3 is 0 Å². The van der Waals surface area contributed by atoms with E-state index in [0.717, 1.165) is 20.1 Å². The van der Waals surface area contributed by atoms with Gasteiger partial charge in [0.15, 0.2) is 0 Å². The van der Waals surface area contributed by atoms with Crippen molar-refractivity contribution in [2.45, 2.75) is 5.92 Å². The minimum absolute atomic E-state index is 0.387. The zero-order chi connectivity index (χ0) is 14.0. The maximum absolute atomic E-state index is 9.46. The van der Waals surface area contributed by atoms with Crippen molar-refractivity contribution in [2.24, 2.45) is 0 Å². The molecule has 2 aromatic carbocycles. The molecule has 0 aliphatic carbocycles. The van der Waals surface area contributed by atoms with E-state index >= 15 is 0 Å². The molecule has 2 nitrogen and oxygen atoms in total. The average Bonchev–Trinajstić information content (AvgIpc) is 2.35. The van der Waals surface area contributed by atoms with Crippen LogP contribution < -0.4 is 5.73 Å². The maximum Gasteiger partial charge on any atom is 0.0984 e. The zero-order valence-corrected chi connectivity index (χ0v) is 13.6. The molecule has 0 aliphatic rings. The quantitative estimate of drug-likeness (QED) is 0.713. The summed E-state index contributed by atoms with van der Waals surface area (Å²) in [6.45, 7) is 0. The van der Waals surface area contributed by atoms with Gasteiger partial charge in [-0.3, -0.25) is 0 Å². The lowest BCUT2D eigenvalue weighted by Crippen LogP contribution is -2.01. The second kappa shape index (κ2) is 5.96. The van der Waals surface area contributed by atoms with E-state index in [0.29, 0.717) is 10.7 Å². The Kier molecular flexibility index (Phi) is 4.51. The fourth-order valence-corrected chi connectivity index (χ4v) is 3.65. The Hall–Kier alpha value is -1.02. The molecule has 0 amide bonds. The average molecular weight is 401 g/mol. The Morgan fingerprint density at radius 2 is 1.63 bits per heavy atom. The topological polar surface area (TPSA) is 49.8 Å². The molecule has 5 heteroatoms. The van der Waals surface area contributed by atoms with E-state index in [9.17, 15) is 5.26 Å². The molecular formula is C14H9Br2ClN2. The Labute approximate surface area is 133 Å². The molecule has 0 bridgehead atoms. The van der Waals surface area contributed by atoms with Crippen molar-refractivity contribution >= 4 is 49.1 Å². The number of nitriles is 1. The molecule has 19 heavy (non-hydrogen) atoms. The number of nitrogens with two attached hydrogens (primary N) is 1. The van der Waals surface area contributed by atoms with Gasteiger partial charge in [0.2, 0.25) is 0 Å². The molecule has 2 N–H and O–H groups in total. The van der Waals surface area contributed by atoms with Gasteiger partial charge in [-0.1, -0.05) is 55.6 Å². The van der Waals surface area contributed by atoms with Crippen LogP contribution in [0.1, 0.15) is 17.0 Å². The molecule has 0 saturated carbocycles. The first-order chi connectivity index (χ1) is 9.02. The van der Waals surface area contributed by atoms with Gasteiger partial charge in [0.25, 0.3) is 0 Å². The highest BCUT2D eigenvalue weighted by Crippen LogP contribution is 2.37. The molecule has 0 fully saturated rings. The second-order valence-corrected chi connectivity index (χ2v) is 6.16. The molecule has 2 aromatic rings. The van der Waals surface area contributed by atoms with E-state index in [2.05, 4.69) is 37.9 Å². The summed E-state index contributed by atoms with van der Waals surface area (Å²) in [4.78, 5) is 0. The van der Waals surface area contributed by atoms with E-state index in [1.165, 1.54) is 0 Å². The van der Waals surface area contributed by atoms with Crippen molar-refractivity contribution < 1.29 is 0 Å². The summed E-state index contributed by atoms with van der Waals surface area (Å²) >= 11 is 12.8. The summed E-state index contributed by atoms with van der Waals surface area (Å²) in [5, 5.41) is 10.1. The summed E-state index contributed by atoms with van der Waals surface area (Å²) in [5.41, 5.74) is 8.15. The number of halogens is 3. The Balaban J connectivity index is 2.55. The minimum atomic E-state index is -0.387. The number of nitrogen functional groups attached to an aromatic ring is 1. The van der Waals surface area contributed by atoms with E-state index in [4.69, 9.17) is 17.3 Å². The zero-order valence-electron chi connectivity index (χ0n) is 9.70. The third kappa shape index (κ3) is 3.11. The molecule has 2 rings (SSSR count). The highest BCUT2D eigenvalue weighted by atomic mass is 79.9. The predicted octanol–water partition coefficient (Wildman–Crippen LogP) is 5.10. The largest absolute Gasteiger partial charge is 0.399 e. The van der Waals surface area contributed by atoms with Gasteiger partial charge in [0, 0.05) is 25.2 Å². The summed E-state index contributed by atoms with van der Waals surface area (Å²) in [7, 11) is 0. The fourth-order valence-electron chi connectivity index (χ4n) is 1.84. The Bertz CT molecular complexity index is 624. The van der Waals surface area contributed by atoms with Crippen LogP contribution >= 0.6 is 43.5 Å². The van der Waals surface area contributed by atoms with Crippen molar-refractivity contribution in [1.82, 2.24) is 0 Å². The van der Waals surface area contributed by atoms with Crippen LogP contribution in [-0.2, 0) is 0 Å². The van der Waals surface area contributed by atoms with Crippen LogP contribution in [0.2, 0.25) is 5.02 Å². The van der Waals surface area contributed by atoms with Crippen LogP contribution in [0, 0.1) is 11.3 Å². The van der Waals surface area contributed by atoms with Crippen molar-refractivity contribution in [3.8, 4) is 6.07 Å². The van der Waals surface area contributed by atoms with E-state index < -0.39 is 0 Å². The SMILES string of the molecule is N#CC(c1ccc(Cl)cc1)c1c(Br)cc(N)cc1Br. The van der Waals surface area contributed by atoms with Gasteiger partial charge in [0.05, 0.1) is 12.0 Å². The van der Waals surface area contributed by atoms with Gasteiger partial charge in [-0.2, -0.15) is 5.26 Å². The van der Waals surface area contributed by atoms with Crippen LogP contribution in [0.3, 0.4) is 0 Å². The van der Waals surface area contributed by atoms with E-state index in [1.54, 1.807) is 24.3 Å². The van der Waals surface area contributed by atoms with Crippen LogP contribution in [-0.4, -0.2) is 0 Å². The van der Waals surface area contributed by atoms with Gasteiger partial charge in [-0.05, 0) is 29.8 Å². The van der Waals surface area contributed by atoms with E-state index in [-0.39, 0.29) is 5.92 Å². The van der Waals surface area contributed by atoms with Crippen molar-refractivity contribution in [2.75, 3.05) is 5.73 Å². The van der Waals surface area contributed by atoms with Crippen LogP contribution in [0.5, 0.6) is 0 Å². The number of hydrogen-bond acceptors (Lipinski definition) is 2. The maximum atomic E-state index is 9.46. The lowest BCUT2D eigenvalue weighted by Gasteiger charge is -2.15. The van der Waals surface area contributed by atoms with Crippen molar-refractivity contribution in [3.63, 3.8) is 0 Å². The van der Waals surface area contributed by atoms with Gasteiger partial charge < -0.3 is 5.73 Å². The molecule has 96 valence electrons. The number of hydrogen-bond donors (Lipinski definition) is 1. The van der Waals surface area contributed by atoms with Crippen molar-refractivity contribution in [3.05, 3.63) is 61.5 Å². The van der Waals surface area contributed by atoms with Crippen LogP contribution in [0.25, 0.3) is 0 Å². The Morgan fingerprint density at radius 3 is 2.11 bits per heavy atom. The molecule has 0 radical (unpaired) electrons. The molecule has 0 aliphatic heterocycles. The monoisotopic (exact) mass is 398 g/mol. The third-order valence-corrected chi connectivity index (χ3v) is 4.29. The lowest BCUT2D eigenvalue weighted by molar-refractivity contribution is 1.02. The normalized spacial score (nSPS) is 11.9. The summed E-state index contributed by atoms with van der Waals surface area (Å²) in [6.07, 6.45) is 0. The van der Waals surface area contributed by atoms with E-state index in [1.807, 2.05) is 12.1 Å². The van der Waals surface area contributed by atoms with Crippen molar-refractivity contribution in [1.29, 1.82) is 5.26 Å². The summed E-state index contributed by atoms with van der Waals surface area (Å²) < 4.78 is 1.61. The third-order valence-electron chi connectivity index (χ3n) is 2.72. The standard InChI is InChI=1S/C14H9Br2ClN2/c15-12-5-10(19)6-13(16)14(12)11(7-18)8-1-3-9(17)4-2-8/h1-6,11H,19H2. The molecule has 0 saturated heterocycles. The molecule has 0 spiro atoms. The molecular weight excluding hydrogens is 391 g/mol. The number of benzene rings is 2. The number of rotatable bonds is 2. The van der Waals surface area contributed by atoms with Gasteiger partial charge in [-0.15, -0.1) is 0 Å². The fraction of sp³-hybridized carbons (Fsp3) is 0.0714. The lowest BCUT2D eigenvalue weighted by atomic mass is 9.92. The first kappa shape index (κ1) is 14.4. The summed E-state index contributed by atoms with van der Waals surface area (Å²) in [6, 6.07) is 13.2. The highest BCUT2D eigenvalue weighted by molar-refractivity contribution is 9.11. The first-order valence-corrected chi connectivity index (χ1v) is 7.39. The number of anilines is 1. The van der Waals surface area contributed by atoms with Gasteiger partial charge in [0.1, 0.15) is 0 Å². The first-order valence-electron chi connectivity index (χ1n) is 5.42. The van der Waals surface area contributed by atoms with Crippen LogP contribution in [0.15, 0.2) is 45.3 Å². The van der Waals surface area contributed by atoms with Crippen LogP contribution in [0.4, 0.5) is 5.69 Å². The number of nitrogens with zero attached hydrogens (tertiary/aromatic N) is 1. The summed E-state index contributed by atoms with van der Waals surface area (Å²) in [5.74, 6) is -0.387. The molecule has 1 atom stereocenters. The smallest absolute Gasteiger partial charge is 0.0984 e. The Morgan fingerprint density at radius 1 is 1.11 bits per heavy atom. The second-order valence-electron chi connectivity index (χ2n) is 4.01.